The van der Waals surface area contributed by atoms with Crippen LogP contribution in [0.4, 0.5) is 0 Å². The van der Waals surface area contributed by atoms with Gasteiger partial charge >= 0.3 is 0 Å². The summed E-state index contributed by atoms with van der Waals surface area (Å²) in [6.45, 7) is 6.40. The highest BCUT2D eigenvalue weighted by Crippen LogP contribution is 2.24. The molecule has 0 aliphatic rings. The number of guanidine groups is 1. The molecule has 1 atom stereocenters. The van der Waals surface area contributed by atoms with Crippen LogP contribution in [-0.4, -0.2) is 39.1 Å². The molecular formula is C16H24BrIN6S. The van der Waals surface area contributed by atoms with Crippen molar-refractivity contribution in [3.63, 3.8) is 0 Å². The molecule has 0 fully saturated rings. The first-order chi connectivity index (χ1) is 11.6. The Morgan fingerprint density at radius 3 is 2.64 bits per heavy atom. The minimum Gasteiger partial charge on any atom is -0.357 e. The topological polar surface area (TPSA) is 67.1 Å². The highest BCUT2D eigenvalue weighted by atomic mass is 127. The molecule has 25 heavy (non-hydrogen) atoms. The van der Waals surface area contributed by atoms with Gasteiger partial charge in [0.1, 0.15) is 18.7 Å². The lowest BCUT2D eigenvalue weighted by Gasteiger charge is -2.15. The smallest absolute Gasteiger partial charge is 0.191 e. The summed E-state index contributed by atoms with van der Waals surface area (Å²) < 4.78 is 2.84. The van der Waals surface area contributed by atoms with E-state index in [4.69, 9.17) is 0 Å². The van der Waals surface area contributed by atoms with E-state index in [1.807, 2.05) is 18.8 Å². The molecule has 1 heterocycles. The number of aromatic nitrogens is 3. The third-order valence-corrected chi connectivity index (χ3v) is 4.88. The van der Waals surface area contributed by atoms with Gasteiger partial charge in [-0.25, -0.2) is 9.98 Å². The monoisotopic (exact) mass is 538 g/mol. The third-order valence-electron chi connectivity index (χ3n) is 3.24. The van der Waals surface area contributed by atoms with Gasteiger partial charge in [0.05, 0.1) is 0 Å². The van der Waals surface area contributed by atoms with Crippen molar-refractivity contribution in [2.75, 3.05) is 13.1 Å². The number of hydrogen-bond acceptors (Lipinski definition) is 4. The molecule has 0 saturated carbocycles. The van der Waals surface area contributed by atoms with Crippen molar-refractivity contribution in [1.29, 1.82) is 0 Å². The van der Waals surface area contributed by atoms with Gasteiger partial charge in [0.25, 0.3) is 0 Å². The average Bonchev–Trinajstić information content (AvgIpc) is 2.97. The largest absolute Gasteiger partial charge is 0.357 e. The second-order valence-corrected chi connectivity index (χ2v) is 7.69. The van der Waals surface area contributed by atoms with E-state index in [1.54, 1.807) is 11.0 Å². The van der Waals surface area contributed by atoms with Crippen LogP contribution in [0.1, 0.15) is 19.7 Å². The number of rotatable bonds is 7. The van der Waals surface area contributed by atoms with E-state index < -0.39 is 0 Å². The second-order valence-electron chi connectivity index (χ2n) is 5.26. The van der Waals surface area contributed by atoms with Gasteiger partial charge in [-0.3, -0.25) is 4.68 Å². The summed E-state index contributed by atoms with van der Waals surface area (Å²) in [5.74, 6) is 1.63. The zero-order valence-corrected chi connectivity index (χ0v) is 19.3. The molecule has 2 rings (SSSR count). The summed E-state index contributed by atoms with van der Waals surface area (Å²) in [7, 11) is 1.87. The number of hydrogen-bond donors (Lipinski definition) is 2. The number of aliphatic imine (C=N–C) groups is 1. The van der Waals surface area contributed by atoms with Gasteiger partial charge in [0, 0.05) is 34.8 Å². The van der Waals surface area contributed by atoms with Crippen molar-refractivity contribution in [3.8, 4) is 0 Å². The van der Waals surface area contributed by atoms with Gasteiger partial charge in [-0.2, -0.15) is 5.10 Å². The molecule has 1 aromatic carbocycles. The predicted molar refractivity (Wildman–Crippen MR) is 119 cm³/mol. The van der Waals surface area contributed by atoms with E-state index in [1.165, 1.54) is 4.90 Å². The lowest BCUT2D eigenvalue weighted by Crippen LogP contribution is -2.40. The summed E-state index contributed by atoms with van der Waals surface area (Å²) in [5, 5.41) is 11.1. The van der Waals surface area contributed by atoms with Crippen LogP contribution in [-0.2, 0) is 13.6 Å². The van der Waals surface area contributed by atoms with Crippen LogP contribution in [0.3, 0.4) is 0 Å². The zero-order chi connectivity index (χ0) is 17.4. The second kappa shape index (κ2) is 11.7. The summed E-state index contributed by atoms with van der Waals surface area (Å²) in [4.78, 5) is 10.0. The van der Waals surface area contributed by atoms with Gasteiger partial charge in [-0.05, 0) is 31.2 Å². The summed E-state index contributed by atoms with van der Waals surface area (Å²) in [6, 6.07) is 8.38. The van der Waals surface area contributed by atoms with Crippen molar-refractivity contribution >= 4 is 57.6 Å². The van der Waals surface area contributed by atoms with Crippen molar-refractivity contribution < 1.29 is 0 Å². The highest BCUT2D eigenvalue weighted by Gasteiger charge is 2.07. The quantitative estimate of drug-likeness (QED) is 0.245. The van der Waals surface area contributed by atoms with E-state index in [2.05, 4.69) is 79.8 Å². The molecule has 2 N–H and O–H groups in total. The van der Waals surface area contributed by atoms with Gasteiger partial charge < -0.3 is 10.6 Å². The van der Waals surface area contributed by atoms with Gasteiger partial charge in [-0.15, -0.1) is 35.7 Å². The highest BCUT2D eigenvalue weighted by molar-refractivity contribution is 14.0. The SMILES string of the molecule is CCNC(=NCc1ncnn1C)NCC(C)Sc1ccc(Br)cc1.I. The first-order valence-corrected chi connectivity index (χ1v) is 9.53. The van der Waals surface area contributed by atoms with Crippen molar-refractivity contribution in [2.24, 2.45) is 12.0 Å². The molecule has 0 saturated heterocycles. The Labute approximate surface area is 178 Å². The van der Waals surface area contributed by atoms with Crippen LogP contribution in [0.2, 0.25) is 0 Å². The molecule has 1 unspecified atom stereocenters. The maximum Gasteiger partial charge on any atom is 0.191 e. The maximum absolute atomic E-state index is 4.56. The standard InChI is InChI=1S/C16H23BrN6S.HI/c1-4-18-16(20-10-15-21-11-22-23(15)3)19-9-12(2)24-14-7-5-13(17)6-8-14;/h5-8,11-12H,4,9-10H2,1-3H3,(H2,18,19,20);1H. The minimum atomic E-state index is 0. The number of thioether (sulfide) groups is 1. The Bertz CT molecular complexity index is 661. The fourth-order valence-electron chi connectivity index (χ4n) is 1.98. The zero-order valence-electron chi connectivity index (χ0n) is 14.6. The van der Waals surface area contributed by atoms with E-state index in [0.717, 1.165) is 29.3 Å². The Balaban J connectivity index is 0.00000312. The van der Waals surface area contributed by atoms with E-state index in [-0.39, 0.29) is 24.0 Å². The van der Waals surface area contributed by atoms with E-state index in [0.29, 0.717) is 11.8 Å². The van der Waals surface area contributed by atoms with Crippen LogP contribution < -0.4 is 10.6 Å². The first kappa shape index (κ1) is 22.2. The number of nitrogens with zero attached hydrogens (tertiary/aromatic N) is 4. The Kier molecular flexibility index (Phi) is 10.4. The third kappa shape index (κ3) is 7.95. The maximum atomic E-state index is 4.56. The van der Waals surface area contributed by atoms with Gasteiger partial charge in [0.2, 0.25) is 0 Å². The molecule has 6 nitrogen and oxygen atoms in total. The van der Waals surface area contributed by atoms with Crippen LogP contribution in [0, 0.1) is 0 Å². The molecule has 0 spiro atoms. The molecule has 9 heteroatoms. The van der Waals surface area contributed by atoms with Gasteiger partial charge in [-0.1, -0.05) is 22.9 Å². The fraction of sp³-hybridized carbons (Fsp3) is 0.438. The average molecular weight is 539 g/mol. The number of halogens is 2. The van der Waals surface area contributed by atoms with Crippen LogP contribution >= 0.6 is 51.7 Å². The molecule has 0 radical (unpaired) electrons. The Morgan fingerprint density at radius 1 is 1.32 bits per heavy atom. The van der Waals surface area contributed by atoms with Crippen LogP contribution in [0.15, 0.2) is 45.0 Å². The van der Waals surface area contributed by atoms with Crippen LogP contribution in [0.25, 0.3) is 0 Å². The number of aryl methyl sites for hydroxylation is 1. The molecule has 0 aliphatic heterocycles. The number of nitrogens with one attached hydrogen (secondary N) is 2. The first-order valence-electron chi connectivity index (χ1n) is 7.85. The fourth-order valence-corrected chi connectivity index (χ4v) is 3.17. The van der Waals surface area contributed by atoms with Crippen molar-refractivity contribution in [3.05, 3.63) is 40.9 Å². The summed E-state index contributed by atoms with van der Waals surface area (Å²) in [6.07, 6.45) is 1.54. The lowest BCUT2D eigenvalue weighted by atomic mass is 10.4. The minimum absolute atomic E-state index is 0. The molecule has 2 aromatic rings. The summed E-state index contributed by atoms with van der Waals surface area (Å²) in [5.41, 5.74) is 0. The van der Waals surface area contributed by atoms with E-state index >= 15 is 0 Å². The Hall–Kier alpha value is -0.810. The predicted octanol–water partition coefficient (Wildman–Crippen LogP) is 3.43. The molecule has 0 amide bonds. The normalized spacial score (nSPS) is 12.4. The molecule has 1 aromatic heterocycles. The lowest BCUT2D eigenvalue weighted by molar-refractivity contribution is 0.697. The molecular weight excluding hydrogens is 515 g/mol. The Morgan fingerprint density at radius 2 is 2.04 bits per heavy atom. The van der Waals surface area contributed by atoms with Crippen molar-refractivity contribution in [2.45, 2.75) is 30.5 Å². The molecule has 138 valence electrons. The van der Waals surface area contributed by atoms with Gasteiger partial charge in [0.15, 0.2) is 5.96 Å². The number of benzene rings is 1. The van der Waals surface area contributed by atoms with E-state index in [9.17, 15) is 0 Å². The molecule has 0 bridgehead atoms. The summed E-state index contributed by atoms with van der Waals surface area (Å²) >= 11 is 5.30. The molecule has 0 aliphatic carbocycles. The van der Waals surface area contributed by atoms with Crippen molar-refractivity contribution in [1.82, 2.24) is 25.4 Å². The van der Waals surface area contributed by atoms with Crippen LogP contribution in [0.5, 0.6) is 0 Å².